The Morgan fingerprint density at radius 1 is 0.338 bits per heavy atom. The first-order valence-electron chi connectivity index (χ1n) is 45.1. The molecule has 0 bridgehead atoms. The molecular weight excluding hydrogens is 2240 g/mol. The number of carbonyl (C=O) groups is 1. The van der Waals surface area contributed by atoms with Crippen LogP contribution in [-0.2, 0) is 75.0 Å². The van der Waals surface area contributed by atoms with E-state index in [2.05, 4.69) is 209 Å². The summed E-state index contributed by atoms with van der Waals surface area (Å²) in [4.78, 5) is 15.2. The molecule has 17 nitrogen and oxygen atoms in total. The van der Waals surface area contributed by atoms with Gasteiger partial charge in [0.25, 0.3) is 0 Å². The number of unbranched alkanes of at least 4 members (excludes halogenated alkanes) is 8. The lowest BCUT2D eigenvalue weighted by Crippen LogP contribution is -2.56. The van der Waals surface area contributed by atoms with Gasteiger partial charge in [0.1, 0.15) is 0 Å². The molecule has 923 valence electrons. The van der Waals surface area contributed by atoms with E-state index in [4.69, 9.17) is 63.3 Å². The van der Waals surface area contributed by atoms with Gasteiger partial charge in [-0.3, -0.25) is 9.53 Å². The third-order valence-electron chi connectivity index (χ3n) is 18.4. The molecule has 54 heteroatoms. The minimum atomic E-state index is -5.75. The molecule has 4 atom stereocenters. The van der Waals surface area contributed by atoms with Crippen LogP contribution in [0.15, 0.2) is 24.3 Å². The number of hydrogen-bond acceptors (Lipinski definition) is 16. The third-order valence-corrected chi connectivity index (χ3v) is 73.9. The van der Waals surface area contributed by atoms with Crippen molar-refractivity contribution in [2.75, 3.05) is 59.2 Å². The SMILES string of the molecule is C.C.C.C.C.C.C.C.C.C.C.C.C.C.C.C.CCCC[Si](C)(C)O[Si](C)(C)O[Si](C)(CCCC)O[Si](C)O[Si](C)(C)CCCOCF.CCCC[Si](C)(C)O[Si](C)O[Si](C)(CCCC)O[Si](C)(C)O[Si](C)(C)CCCC.CCCC[Si](C)(C)O[Si](C)O[Si](C)(CCCCc1cccc(N(C)C(=O)C(F)(OCF)C(F)(F)F)c1)O[Si](C)(C)O[Si](C)(C)CCCC.FCC(F)(F)F.FCC(F)(F)F.FCF.FF.FOCC(F)(F)F. The number of rotatable bonds is 60. The number of halogens is 22. The number of likely N-dealkylation sites (N-methyl/N-ethyl adjacent to an activating group) is 1. The second-order valence-electron chi connectivity index (χ2n) is 37.3. The van der Waals surface area contributed by atoms with Crippen LogP contribution in [0.1, 0.15) is 282 Å². The molecule has 0 heterocycles. The minimum absolute atomic E-state index is 0. The van der Waals surface area contributed by atoms with Crippen molar-refractivity contribution < 1.29 is 166 Å². The van der Waals surface area contributed by atoms with Crippen molar-refractivity contribution >= 4 is 141 Å². The molecule has 0 aliphatic carbocycles. The Morgan fingerprint density at radius 3 is 0.797 bits per heavy atom. The van der Waals surface area contributed by atoms with Gasteiger partial charge in [-0.2, -0.15) is 62.0 Å². The number of benzene rings is 1. The van der Waals surface area contributed by atoms with Crippen molar-refractivity contribution in [3.8, 4) is 0 Å². The number of ether oxygens (including phenoxy) is 2. The first kappa shape index (κ1) is 205. The molecule has 0 spiro atoms. The molecule has 1 rings (SSSR count). The maximum atomic E-state index is 14.6. The van der Waals surface area contributed by atoms with Gasteiger partial charge >= 0.3 is 116 Å². The minimum Gasteiger partial charge on any atom is -0.436 e. The van der Waals surface area contributed by atoms with Crippen molar-refractivity contribution in [3.05, 3.63) is 29.8 Å². The molecule has 1 aromatic rings. The Balaban J connectivity index is -0.0000000658. The lowest BCUT2D eigenvalue weighted by molar-refractivity contribution is -0.321. The summed E-state index contributed by atoms with van der Waals surface area (Å²) in [7, 11) is -28.8. The van der Waals surface area contributed by atoms with Crippen LogP contribution >= 0.6 is 0 Å². The average molecular weight is 2470 g/mol. The summed E-state index contributed by atoms with van der Waals surface area (Å²) in [5, 5.41) is 0. The van der Waals surface area contributed by atoms with Gasteiger partial charge in [0.05, 0.1) is 0 Å². The summed E-state index contributed by atoms with van der Waals surface area (Å²) in [6.07, 6.45) is -0.337. The van der Waals surface area contributed by atoms with Crippen LogP contribution in [0.2, 0.25) is 212 Å². The van der Waals surface area contributed by atoms with Crippen LogP contribution in [-0.4, -0.2) is 220 Å². The normalized spacial score (nSPS) is 13.1. The van der Waals surface area contributed by atoms with E-state index in [1.165, 1.54) is 68.8 Å². The van der Waals surface area contributed by atoms with E-state index in [0.29, 0.717) is 30.4 Å². The highest BCUT2D eigenvalue weighted by Crippen LogP contribution is 2.40. The summed E-state index contributed by atoms with van der Waals surface area (Å²) < 4.78 is 329. The summed E-state index contributed by atoms with van der Waals surface area (Å²) in [6.45, 7) is 58.3. The van der Waals surface area contributed by atoms with Crippen molar-refractivity contribution in [1.29, 1.82) is 0 Å². The molecule has 148 heavy (non-hydrogen) atoms. The van der Waals surface area contributed by atoms with Crippen LogP contribution in [0.3, 0.4) is 0 Å². The lowest BCUT2D eigenvalue weighted by Gasteiger charge is -2.41. The molecule has 0 fully saturated rings. The fraction of sp³-hybridized carbons (Fsp3) is 0.926. The van der Waals surface area contributed by atoms with Gasteiger partial charge in [0.15, 0.2) is 83.6 Å². The Hall–Kier alpha value is -0.197. The second kappa shape index (κ2) is 101. The third kappa shape index (κ3) is 115. The number of carbonyl (C=O) groups excluding carboxylic acids is 1. The molecule has 0 saturated heterocycles. The molecule has 0 aliphatic rings. The highest BCUT2D eigenvalue weighted by Gasteiger charge is 2.65. The molecule has 0 N–H and O–H groups in total. The van der Waals surface area contributed by atoms with Crippen molar-refractivity contribution in [1.82, 2.24) is 0 Å². The molecular formula is C94H232F22NO16Si15. The van der Waals surface area contributed by atoms with Crippen molar-refractivity contribution in [3.63, 3.8) is 0 Å². The highest BCUT2D eigenvalue weighted by molar-refractivity contribution is 6.91. The van der Waals surface area contributed by atoms with E-state index >= 15 is 0 Å². The fourth-order valence-electron chi connectivity index (χ4n) is 13.5. The van der Waals surface area contributed by atoms with E-state index in [1.807, 2.05) is 6.55 Å². The average Bonchev–Trinajstić information content (AvgIpc) is 0.776. The molecule has 1 amide bonds. The van der Waals surface area contributed by atoms with Gasteiger partial charge in [0.2, 0.25) is 6.93 Å². The standard InChI is InChI=1S/C31H59F5NO6Si5.C20H50FO5Si5.C20H51O4Si5.C2H2F4O.2C2H2F4.CH2F2.16CH4.F2/c1-12-14-22-45(5,6)40-44(4)41-48(11,43-47(9,10)42-46(7,8)23-15-13-2)24-17-16-19-27-20-18-21-28(25-27)37(3)29(38)30(33,39-26-32)31(34,35)36;1-11-13-17-29(6,7)25-30(8,9)26-31(10,19-14-12-2)24-27(3)23-28(4,5)18-15-16-22-20-21;1-12-15-18-26(5,6)21-25(4)22-29(11,20-17-14-3)24-28(9,10)23-27(7,8)19-16-13-2;3-2(4,5)1-7-6;2*3-1-2(4,5)6;2-1-3;;;;;;;;;;;;;;;;;1-2/h18,20-21,25H,12-17,19,22-24,26H2,1-11H3;11-20H2,1-10H3;12-20H2,1-11H3;1H2;2*1H2;1H2;16*1H4;. The van der Waals surface area contributed by atoms with Gasteiger partial charge in [-0.1, -0.05) is 276 Å². The maximum absolute atomic E-state index is 14.6. The molecule has 0 aromatic heterocycles. The fourth-order valence-corrected chi connectivity index (χ4v) is 78.3. The largest absolute Gasteiger partial charge is 0.458 e. The van der Waals surface area contributed by atoms with Crippen LogP contribution in [0.25, 0.3) is 0 Å². The number of alkyl halides is 19. The Kier molecular flexibility index (Phi) is 140. The van der Waals surface area contributed by atoms with Crippen LogP contribution in [0.5, 0.6) is 0 Å². The number of hydrogen-bond donors (Lipinski definition) is 0. The van der Waals surface area contributed by atoms with Crippen molar-refractivity contribution in [2.45, 2.75) is 525 Å². The van der Waals surface area contributed by atoms with Gasteiger partial charge in [0, 0.05) is 28.5 Å². The smallest absolute Gasteiger partial charge is 0.436 e. The zero-order valence-electron chi connectivity index (χ0n) is 85.1. The van der Waals surface area contributed by atoms with E-state index in [-0.39, 0.29) is 125 Å². The predicted molar refractivity (Wildman–Crippen MR) is 628 cm³/mol. The molecule has 1 aromatic carbocycles. The van der Waals surface area contributed by atoms with Gasteiger partial charge in [-0.05, 0) is 253 Å². The van der Waals surface area contributed by atoms with E-state index in [9.17, 15) is 92.7 Å². The summed E-state index contributed by atoms with van der Waals surface area (Å²) >= 11 is 0. The highest BCUT2D eigenvalue weighted by atomic mass is 28.5. The number of nitrogens with zero attached hydrogens (tertiary/aromatic N) is 1. The predicted octanol–water partition coefficient (Wildman–Crippen LogP) is 41.5. The molecule has 3 radical (unpaired) electrons. The number of amides is 1. The molecule has 0 saturated carbocycles. The molecule has 0 aliphatic heterocycles. The van der Waals surface area contributed by atoms with Gasteiger partial charge in [-0.15, -0.1) is 0 Å². The summed E-state index contributed by atoms with van der Waals surface area (Å²) in [6, 6.07) is 15.6. The van der Waals surface area contributed by atoms with Gasteiger partial charge in [-0.25, -0.2) is 26.3 Å². The van der Waals surface area contributed by atoms with Crippen LogP contribution in [0, 0.1) is 0 Å². The summed E-state index contributed by atoms with van der Waals surface area (Å²) in [5.74, 6) is -6.86. The quantitative estimate of drug-likeness (QED) is 0.0344. The first-order chi connectivity index (χ1) is 59.9. The van der Waals surface area contributed by atoms with Crippen LogP contribution in [0.4, 0.5) is 103 Å². The van der Waals surface area contributed by atoms with Gasteiger partial charge < -0.3 is 59.0 Å². The molecule has 4 unspecified atom stereocenters. The number of aryl methyl sites for hydroxylation is 1. The Bertz CT molecular complexity index is 3010. The van der Waals surface area contributed by atoms with Crippen molar-refractivity contribution in [2.24, 2.45) is 0 Å². The van der Waals surface area contributed by atoms with Crippen LogP contribution < -0.4 is 4.90 Å². The second-order valence-corrected chi connectivity index (χ2v) is 90.8. The topological polar surface area (TPSA) is 159 Å². The summed E-state index contributed by atoms with van der Waals surface area (Å²) in [5.41, 5.74) is 0.774. The number of anilines is 1. The first-order valence-corrected chi connectivity index (χ1v) is 85.2. The van der Waals surface area contributed by atoms with E-state index in [0.717, 1.165) is 107 Å². The lowest BCUT2D eigenvalue weighted by atomic mass is 10.1. The Morgan fingerprint density at radius 2 is 0.581 bits per heavy atom. The zero-order valence-corrected chi connectivity index (χ0v) is 100. The van der Waals surface area contributed by atoms with E-state index in [1.54, 1.807) is 12.1 Å². The monoisotopic (exact) mass is 2470 g/mol. The maximum Gasteiger partial charge on any atom is 0.458 e. The Labute approximate surface area is 914 Å². The zero-order chi connectivity index (χ0) is 105. The van der Waals surface area contributed by atoms with E-state index < -0.39 is 206 Å².